The number of carbonyl (C=O) groups is 6. The molecule has 0 radical (unpaired) electrons. The van der Waals surface area contributed by atoms with E-state index in [9.17, 15) is 39.3 Å². The minimum atomic E-state index is -2.67. The number of aliphatic hydroxyl groups excluding tert-OH is 2. The molecule has 1 heterocycles. The molecule has 1 amide bonds. The molecule has 0 aromatic heterocycles. The van der Waals surface area contributed by atoms with E-state index >= 15 is 9.18 Å². The lowest BCUT2D eigenvalue weighted by Crippen LogP contribution is -2.84. The fraction of sp³-hybridized carbons (Fsp3) is 0.545. The van der Waals surface area contributed by atoms with Crippen LogP contribution in [0.4, 0.5) is 9.18 Å². The van der Waals surface area contributed by atoms with E-state index in [4.69, 9.17) is 33.5 Å². The minimum absolute atomic E-state index is 0.0317. The molecule has 3 aliphatic carbocycles. The fourth-order valence-electron chi connectivity index (χ4n) is 9.39. The molecule has 2 aromatic rings. The van der Waals surface area contributed by atoms with Crippen LogP contribution in [-0.4, -0.2) is 111 Å². The number of benzene rings is 2. The number of halogens is 1. The van der Waals surface area contributed by atoms with Crippen molar-refractivity contribution < 1.29 is 81.9 Å². The Kier molecular flexibility index (Phi) is 12.3. The van der Waals surface area contributed by atoms with E-state index in [2.05, 4.69) is 5.32 Å². The Hall–Kier alpha value is -5.27. The second-order valence-electron chi connectivity index (χ2n) is 17.9. The zero-order valence-electron chi connectivity index (χ0n) is 35.7. The molecular formula is C44H52FNO16. The summed E-state index contributed by atoms with van der Waals surface area (Å²) < 4.78 is 45.4. The SMILES string of the molecule is CC(=O)O[C@H]1C(=O)[C@@]2(C)[C@H]([C@H](OC(=O)c3ccccc3)[C@]3(O)C[C@H](OC(=O)[C@H](O)[C@@H](NC(=O)OC(C)(C)C)c4ccccc4)C(C)=C1C3(C)C)[C@]1(OC(C)=O)OO[C@@H]1C(F)[C@@H]2O. The number of rotatable bonds is 9. The van der Waals surface area contributed by atoms with Crippen LogP contribution in [0, 0.1) is 16.7 Å². The van der Waals surface area contributed by atoms with Crippen molar-refractivity contribution in [3.63, 3.8) is 0 Å². The van der Waals surface area contributed by atoms with E-state index in [1.807, 2.05) is 0 Å². The molecule has 62 heavy (non-hydrogen) atoms. The first kappa shape index (κ1) is 46.2. The highest BCUT2D eigenvalue weighted by atomic mass is 19.1. The van der Waals surface area contributed by atoms with Crippen molar-refractivity contribution in [2.24, 2.45) is 16.7 Å². The van der Waals surface area contributed by atoms with Gasteiger partial charge in [-0.15, -0.1) is 0 Å². The first-order valence-electron chi connectivity index (χ1n) is 20.0. The Labute approximate surface area is 356 Å². The zero-order chi connectivity index (χ0) is 45.9. The summed E-state index contributed by atoms with van der Waals surface area (Å²) in [5.74, 6) is -10.4. The molecule has 2 bridgehead atoms. The Bertz CT molecular complexity index is 2140. The molecular weight excluding hydrogens is 817 g/mol. The van der Waals surface area contributed by atoms with Gasteiger partial charge in [-0.1, -0.05) is 62.4 Å². The number of fused-ring (bicyclic) bond motifs is 5. The van der Waals surface area contributed by atoms with Crippen LogP contribution in [-0.2, 0) is 52.6 Å². The van der Waals surface area contributed by atoms with Crippen molar-refractivity contribution in [1.29, 1.82) is 0 Å². The Morgan fingerprint density at radius 3 is 2.05 bits per heavy atom. The molecule has 1 aliphatic heterocycles. The summed E-state index contributed by atoms with van der Waals surface area (Å²) in [5, 5.41) is 39.6. The number of aliphatic hydroxyl groups is 3. The van der Waals surface area contributed by atoms with E-state index in [-0.39, 0.29) is 22.3 Å². The topological polar surface area (TPSA) is 240 Å². The van der Waals surface area contributed by atoms with Crippen molar-refractivity contribution >= 4 is 35.8 Å². The zero-order valence-corrected chi connectivity index (χ0v) is 35.7. The predicted molar refractivity (Wildman–Crippen MR) is 210 cm³/mol. The van der Waals surface area contributed by atoms with Crippen molar-refractivity contribution in [3.05, 3.63) is 82.9 Å². The third kappa shape index (κ3) is 7.76. The van der Waals surface area contributed by atoms with Gasteiger partial charge < -0.3 is 44.3 Å². The third-order valence-electron chi connectivity index (χ3n) is 12.4. The maximum atomic E-state index is 16.5. The van der Waals surface area contributed by atoms with Crippen LogP contribution in [0.15, 0.2) is 71.8 Å². The second kappa shape index (κ2) is 16.5. The average molecular weight is 870 g/mol. The third-order valence-corrected chi connectivity index (χ3v) is 12.4. The van der Waals surface area contributed by atoms with Crippen LogP contribution < -0.4 is 5.32 Å². The number of alkyl halides is 1. The van der Waals surface area contributed by atoms with E-state index in [0.717, 1.165) is 20.8 Å². The van der Waals surface area contributed by atoms with E-state index in [1.54, 1.807) is 45.0 Å². The lowest BCUT2D eigenvalue weighted by atomic mass is 9.46. The molecule has 6 rings (SSSR count). The van der Waals surface area contributed by atoms with Gasteiger partial charge in [-0.3, -0.25) is 14.4 Å². The first-order chi connectivity index (χ1) is 28.8. The molecule has 1 unspecified atom stereocenters. The van der Waals surface area contributed by atoms with Gasteiger partial charge in [0, 0.05) is 25.7 Å². The van der Waals surface area contributed by atoms with Crippen LogP contribution in [0.1, 0.15) is 90.7 Å². The highest BCUT2D eigenvalue weighted by Crippen LogP contribution is 2.65. The quantitative estimate of drug-likeness (QED) is 0.122. The standard InChI is InChI=1S/C44H52FNO16/c1-21-26(57-38(53)30(49)29(24-16-12-10-13-17-24)46-39(54)60-40(4,5)6)20-43(55)36(58-37(52)25-18-14-11-15-19-25)32-42(9,34(51)31(56-22(2)47)27(21)41(43,7)8)33(50)28(45)35-44(32,62-61-35)59-23(3)48/h10-19,26,28-33,35-36,49-50,55H,20H2,1-9H3,(H,46,54)/t26-,28?,29-,30+,31+,32-,33-,35+,36-,42-,43+,44-/m0/s1. The summed E-state index contributed by atoms with van der Waals surface area (Å²) in [5.41, 5.74) is -7.92. The van der Waals surface area contributed by atoms with Crippen molar-refractivity contribution in [2.75, 3.05) is 0 Å². The lowest BCUT2D eigenvalue weighted by Gasteiger charge is -2.66. The molecule has 4 N–H and O–H groups in total. The summed E-state index contributed by atoms with van der Waals surface area (Å²) in [6, 6.07) is 13.9. The molecule has 3 fully saturated rings. The fourth-order valence-corrected chi connectivity index (χ4v) is 9.39. The van der Waals surface area contributed by atoms with Crippen molar-refractivity contribution in [3.8, 4) is 0 Å². The highest BCUT2D eigenvalue weighted by molar-refractivity contribution is 5.95. The van der Waals surface area contributed by atoms with Crippen molar-refractivity contribution in [2.45, 2.75) is 135 Å². The monoisotopic (exact) mass is 869 g/mol. The molecule has 17 nitrogen and oxygen atoms in total. The number of amides is 1. The van der Waals surface area contributed by atoms with Crippen LogP contribution in [0.3, 0.4) is 0 Å². The number of nitrogens with one attached hydrogen (secondary N) is 1. The van der Waals surface area contributed by atoms with Gasteiger partial charge in [0.15, 0.2) is 30.3 Å². The van der Waals surface area contributed by atoms with Gasteiger partial charge in [-0.05, 0) is 63.5 Å². The van der Waals surface area contributed by atoms with E-state index in [0.29, 0.717) is 0 Å². The average Bonchev–Trinajstić information content (AvgIpc) is 3.18. The van der Waals surface area contributed by atoms with Gasteiger partial charge in [0.25, 0.3) is 5.79 Å². The second-order valence-corrected chi connectivity index (χ2v) is 17.9. The van der Waals surface area contributed by atoms with E-state index in [1.165, 1.54) is 57.2 Å². The smallest absolute Gasteiger partial charge is 0.408 e. The molecule has 12 atom stereocenters. The molecule has 2 aromatic carbocycles. The largest absolute Gasteiger partial charge is 0.456 e. The maximum absolute atomic E-state index is 16.5. The molecule has 0 spiro atoms. The highest BCUT2D eigenvalue weighted by Gasteiger charge is 2.82. The van der Waals surface area contributed by atoms with Crippen LogP contribution >= 0.6 is 0 Å². The molecule has 2 saturated carbocycles. The van der Waals surface area contributed by atoms with Gasteiger partial charge >= 0.3 is 30.0 Å². The van der Waals surface area contributed by atoms with Crippen molar-refractivity contribution in [1.82, 2.24) is 5.32 Å². The Morgan fingerprint density at radius 1 is 0.919 bits per heavy atom. The lowest BCUT2D eigenvalue weighted by molar-refractivity contribution is -0.602. The van der Waals surface area contributed by atoms with Crippen LogP contribution in [0.2, 0.25) is 0 Å². The molecule has 336 valence electrons. The summed E-state index contributed by atoms with van der Waals surface area (Å²) in [4.78, 5) is 93.1. The number of carbonyl (C=O) groups excluding carboxylic acids is 6. The normalized spacial score (nSPS) is 33.4. The Morgan fingerprint density at radius 2 is 1.52 bits per heavy atom. The number of hydrogen-bond acceptors (Lipinski definition) is 16. The van der Waals surface area contributed by atoms with Gasteiger partial charge in [0.2, 0.25) is 0 Å². The number of esters is 4. The summed E-state index contributed by atoms with van der Waals surface area (Å²) in [6.45, 7) is 12.2. The van der Waals surface area contributed by atoms with E-state index < -0.39 is 125 Å². The minimum Gasteiger partial charge on any atom is -0.456 e. The van der Waals surface area contributed by atoms with Crippen LogP contribution in [0.25, 0.3) is 0 Å². The summed E-state index contributed by atoms with van der Waals surface area (Å²) in [6.07, 6.45) is -16.4. The molecule has 18 heteroatoms. The Balaban J connectivity index is 1.55. The number of alkyl carbamates (subject to hydrolysis) is 1. The maximum Gasteiger partial charge on any atom is 0.408 e. The number of Topliss-reactive ketones (excluding diaryl/α,β-unsaturated/α-hetero) is 1. The summed E-state index contributed by atoms with van der Waals surface area (Å²) >= 11 is 0. The van der Waals surface area contributed by atoms with Gasteiger partial charge in [0.05, 0.1) is 22.9 Å². The number of ketones is 1. The predicted octanol–water partition coefficient (Wildman–Crippen LogP) is 3.67. The summed E-state index contributed by atoms with van der Waals surface area (Å²) in [7, 11) is 0. The number of hydrogen-bond donors (Lipinski definition) is 4. The molecule has 4 aliphatic rings. The van der Waals surface area contributed by atoms with Gasteiger partial charge in [-0.25, -0.2) is 23.7 Å². The molecule has 1 saturated heterocycles. The number of ether oxygens (including phenoxy) is 5. The van der Waals surface area contributed by atoms with Crippen LogP contribution in [0.5, 0.6) is 0 Å². The van der Waals surface area contributed by atoms with Gasteiger partial charge in [0.1, 0.15) is 29.5 Å². The first-order valence-corrected chi connectivity index (χ1v) is 20.0. The van der Waals surface area contributed by atoms with Gasteiger partial charge in [-0.2, -0.15) is 4.89 Å².